The lowest BCUT2D eigenvalue weighted by Gasteiger charge is -2.11. The highest BCUT2D eigenvalue weighted by Gasteiger charge is 2.19. The van der Waals surface area contributed by atoms with Crippen LogP contribution in [0.15, 0.2) is 164 Å². The number of hydrogen-bond acceptors (Lipinski definition) is 1. The Kier molecular flexibility index (Phi) is 5.66. The van der Waals surface area contributed by atoms with Gasteiger partial charge in [-0.1, -0.05) is 103 Å². The second-order valence-electron chi connectivity index (χ2n) is 11.7. The highest BCUT2D eigenvalue weighted by molar-refractivity contribution is 6.19. The number of anilines is 1. The van der Waals surface area contributed by atoms with Crippen molar-refractivity contribution in [3.05, 3.63) is 164 Å². The molecule has 3 nitrogen and oxygen atoms in total. The van der Waals surface area contributed by atoms with E-state index in [1.54, 1.807) is 0 Å². The minimum atomic E-state index is 0.772. The van der Waals surface area contributed by atoms with Crippen molar-refractivity contribution in [3.63, 3.8) is 0 Å². The van der Waals surface area contributed by atoms with Gasteiger partial charge in [-0.05, 0) is 82.9 Å². The van der Waals surface area contributed by atoms with Crippen molar-refractivity contribution in [2.24, 2.45) is 0 Å². The van der Waals surface area contributed by atoms with Crippen LogP contribution in [0.3, 0.4) is 0 Å². The van der Waals surface area contributed by atoms with Gasteiger partial charge in [0, 0.05) is 38.6 Å². The third-order valence-electron chi connectivity index (χ3n) is 9.05. The maximum absolute atomic E-state index is 5.96. The van der Waals surface area contributed by atoms with E-state index in [1.165, 1.54) is 54.7 Å². The summed E-state index contributed by atoms with van der Waals surface area (Å²) in [5, 5.41) is 5.00. The van der Waals surface area contributed by atoms with Crippen LogP contribution in [0, 0.1) is 0 Å². The normalized spacial score (nSPS) is 11.6. The Morgan fingerprint density at radius 1 is 0.311 bits per heavy atom. The number of benzene rings is 7. The number of para-hydroxylation sites is 2. The Hall–Kier alpha value is -6.06. The number of nitrogens with zero attached hydrogens (tertiary/aromatic N) is 2. The minimum Gasteiger partial charge on any atom is -0.399 e. The van der Waals surface area contributed by atoms with Crippen LogP contribution in [0.2, 0.25) is 0 Å². The van der Waals surface area contributed by atoms with Crippen molar-refractivity contribution in [1.29, 1.82) is 0 Å². The second kappa shape index (κ2) is 10.0. The van der Waals surface area contributed by atoms with Crippen molar-refractivity contribution >= 4 is 49.3 Å². The summed E-state index contributed by atoms with van der Waals surface area (Å²) < 4.78 is 4.82. The molecule has 0 aliphatic carbocycles. The first-order chi connectivity index (χ1) is 22.2. The minimum absolute atomic E-state index is 0.772. The molecule has 212 valence electrons. The molecule has 7 aromatic carbocycles. The number of aromatic nitrogens is 2. The molecule has 9 rings (SSSR count). The van der Waals surface area contributed by atoms with Crippen LogP contribution in [-0.2, 0) is 0 Å². The number of nitrogen functional groups attached to an aromatic ring is 1. The maximum Gasteiger partial charge on any atom is 0.0562 e. The Labute approximate surface area is 261 Å². The summed E-state index contributed by atoms with van der Waals surface area (Å²) in [5.74, 6) is 0. The Balaban J connectivity index is 1.36. The van der Waals surface area contributed by atoms with Gasteiger partial charge in [0.2, 0.25) is 0 Å². The Bertz CT molecular complexity index is 2500. The van der Waals surface area contributed by atoms with Gasteiger partial charge in [-0.25, -0.2) is 0 Å². The molecule has 0 unspecified atom stereocenters. The van der Waals surface area contributed by atoms with E-state index in [0.717, 1.165) is 28.2 Å². The third kappa shape index (κ3) is 4.05. The van der Waals surface area contributed by atoms with Gasteiger partial charge in [-0.3, -0.25) is 0 Å². The van der Waals surface area contributed by atoms with Crippen LogP contribution < -0.4 is 5.73 Å². The first-order valence-corrected chi connectivity index (χ1v) is 15.3. The fourth-order valence-corrected chi connectivity index (χ4v) is 6.90. The van der Waals surface area contributed by atoms with Gasteiger partial charge in [0.15, 0.2) is 0 Å². The summed E-state index contributed by atoms with van der Waals surface area (Å²) in [6.45, 7) is 0. The fourth-order valence-electron chi connectivity index (χ4n) is 6.90. The fraction of sp³-hybridized carbons (Fsp3) is 0. The summed E-state index contributed by atoms with van der Waals surface area (Å²) in [7, 11) is 0. The van der Waals surface area contributed by atoms with Crippen LogP contribution >= 0.6 is 0 Å². The molecule has 0 radical (unpaired) electrons. The quantitative estimate of drug-likeness (QED) is 0.208. The molecule has 0 fully saturated rings. The summed E-state index contributed by atoms with van der Waals surface area (Å²) in [6.07, 6.45) is 0. The SMILES string of the molecule is Nc1ccc(-c2ccc(-n3c4cc(-c5ccccc5)ccc4c4cc5c6ccccc6n(-c6ccccc6)c5cc43)cc2)cc1. The Morgan fingerprint density at radius 3 is 1.51 bits per heavy atom. The molecule has 0 amide bonds. The number of hydrogen-bond donors (Lipinski definition) is 1. The van der Waals surface area contributed by atoms with Gasteiger partial charge in [0.1, 0.15) is 0 Å². The van der Waals surface area contributed by atoms with Crippen molar-refractivity contribution in [1.82, 2.24) is 9.13 Å². The first kappa shape index (κ1) is 25.4. The summed E-state index contributed by atoms with van der Waals surface area (Å²) >= 11 is 0. The maximum atomic E-state index is 5.96. The van der Waals surface area contributed by atoms with Crippen LogP contribution in [0.25, 0.3) is 77.2 Å². The van der Waals surface area contributed by atoms with E-state index >= 15 is 0 Å². The largest absolute Gasteiger partial charge is 0.399 e. The third-order valence-corrected chi connectivity index (χ3v) is 9.05. The first-order valence-electron chi connectivity index (χ1n) is 15.3. The second-order valence-corrected chi connectivity index (χ2v) is 11.7. The van der Waals surface area contributed by atoms with E-state index in [-0.39, 0.29) is 0 Å². The van der Waals surface area contributed by atoms with Gasteiger partial charge < -0.3 is 14.9 Å². The van der Waals surface area contributed by atoms with E-state index in [2.05, 4.69) is 161 Å². The average Bonchev–Trinajstić information content (AvgIpc) is 3.60. The van der Waals surface area contributed by atoms with Crippen LogP contribution in [0.4, 0.5) is 5.69 Å². The molecule has 0 spiro atoms. The molecule has 0 aliphatic heterocycles. The topological polar surface area (TPSA) is 35.9 Å². The lowest BCUT2D eigenvalue weighted by molar-refractivity contribution is 1.16. The van der Waals surface area contributed by atoms with Crippen molar-refractivity contribution < 1.29 is 0 Å². The molecule has 0 saturated carbocycles. The lowest BCUT2D eigenvalue weighted by atomic mass is 10.0. The van der Waals surface area contributed by atoms with Gasteiger partial charge in [-0.2, -0.15) is 0 Å². The van der Waals surface area contributed by atoms with Crippen LogP contribution in [-0.4, -0.2) is 9.13 Å². The predicted octanol–water partition coefficient (Wildman–Crippen LogP) is 10.8. The zero-order valence-electron chi connectivity index (χ0n) is 24.6. The molecule has 0 atom stereocenters. The van der Waals surface area contributed by atoms with Gasteiger partial charge in [-0.15, -0.1) is 0 Å². The number of fused-ring (bicyclic) bond motifs is 6. The van der Waals surface area contributed by atoms with E-state index in [9.17, 15) is 0 Å². The molecule has 9 aromatic rings. The summed E-state index contributed by atoms with van der Waals surface area (Å²) in [5.41, 5.74) is 18.5. The molecule has 0 saturated heterocycles. The standard InChI is InChI=1S/C42H29N3/c43-32-20-15-29(16-21-32)30-17-22-34(23-18-30)45-40-25-31(28-9-3-1-4-10-28)19-24-36(40)38-26-37-35-13-7-8-14-39(35)44(41(37)27-42(38)45)33-11-5-2-6-12-33/h1-27H,43H2. The van der Waals surface area contributed by atoms with E-state index in [4.69, 9.17) is 5.73 Å². The smallest absolute Gasteiger partial charge is 0.0562 e. The molecule has 0 aliphatic rings. The lowest BCUT2D eigenvalue weighted by Crippen LogP contribution is -1.96. The van der Waals surface area contributed by atoms with E-state index in [0.29, 0.717) is 0 Å². The summed E-state index contributed by atoms with van der Waals surface area (Å²) in [4.78, 5) is 0. The molecular formula is C42H29N3. The molecule has 0 bridgehead atoms. The van der Waals surface area contributed by atoms with Crippen molar-refractivity contribution in [2.75, 3.05) is 5.73 Å². The number of rotatable bonds is 4. The van der Waals surface area contributed by atoms with Crippen molar-refractivity contribution in [3.8, 4) is 33.6 Å². The molecule has 3 heteroatoms. The molecule has 45 heavy (non-hydrogen) atoms. The Morgan fingerprint density at radius 2 is 0.800 bits per heavy atom. The van der Waals surface area contributed by atoms with E-state index < -0.39 is 0 Å². The van der Waals surface area contributed by atoms with Gasteiger partial charge in [0.05, 0.1) is 22.1 Å². The molecule has 2 aromatic heterocycles. The van der Waals surface area contributed by atoms with Gasteiger partial charge in [0.25, 0.3) is 0 Å². The summed E-state index contributed by atoms with van der Waals surface area (Å²) in [6, 6.07) is 58.7. The van der Waals surface area contributed by atoms with Crippen LogP contribution in [0.5, 0.6) is 0 Å². The molecule has 2 N–H and O–H groups in total. The highest BCUT2D eigenvalue weighted by Crippen LogP contribution is 2.40. The zero-order chi connectivity index (χ0) is 29.9. The number of nitrogens with two attached hydrogens (primary N) is 1. The van der Waals surface area contributed by atoms with Crippen LogP contribution in [0.1, 0.15) is 0 Å². The average molecular weight is 576 g/mol. The predicted molar refractivity (Wildman–Crippen MR) is 190 cm³/mol. The zero-order valence-corrected chi connectivity index (χ0v) is 24.6. The van der Waals surface area contributed by atoms with E-state index in [1.807, 2.05) is 12.1 Å². The highest BCUT2D eigenvalue weighted by atomic mass is 15.0. The monoisotopic (exact) mass is 575 g/mol. The molecular weight excluding hydrogens is 546 g/mol. The van der Waals surface area contributed by atoms with Gasteiger partial charge >= 0.3 is 0 Å². The van der Waals surface area contributed by atoms with Crippen molar-refractivity contribution in [2.45, 2.75) is 0 Å². The molecule has 2 heterocycles.